The van der Waals surface area contributed by atoms with Crippen LogP contribution in [0.15, 0.2) is 46.6 Å². The highest BCUT2D eigenvalue weighted by Crippen LogP contribution is 2.28. The highest BCUT2D eigenvalue weighted by Gasteiger charge is 2.15. The standard InChI is InChI=1S/C21H34/c1-16(2)21-14-13-18(4)11-7-9-17(3)10-8-12-19(5)15-20(21)6/h10-12,15-16,21H,7-9,13-14H2,1-6H3/b17-10+,18-11+,19-12+,20-15+/t21-/m1/s1. The van der Waals surface area contributed by atoms with Gasteiger partial charge in [-0.3, -0.25) is 0 Å². The van der Waals surface area contributed by atoms with Gasteiger partial charge in [-0.25, -0.2) is 0 Å². The van der Waals surface area contributed by atoms with Crippen LogP contribution in [-0.2, 0) is 0 Å². The van der Waals surface area contributed by atoms with Crippen molar-refractivity contribution in [2.45, 2.75) is 73.6 Å². The number of allylic oxidation sites excluding steroid dienone is 8. The molecule has 0 aliphatic heterocycles. The molecule has 0 heterocycles. The Morgan fingerprint density at radius 1 is 0.905 bits per heavy atom. The van der Waals surface area contributed by atoms with Crippen LogP contribution < -0.4 is 0 Å². The molecule has 0 saturated heterocycles. The minimum absolute atomic E-state index is 0.705. The quantitative estimate of drug-likeness (QED) is 0.455. The van der Waals surface area contributed by atoms with E-state index in [9.17, 15) is 0 Å². The fourth-order valence-corrected chi connectivity index (χ4v) is 3.19. The molecule has 0 N–H and O–H groups in total. The zero-order chi connectivity index (χ0) is 15.8. The first kappa shape index (κ1) is 18.0. The number of hydrogen-bond acceptors (Lipinski definition) is 0. The zero-order valence-corrected chi connectivity index (χ0v) is 15.0. The van der Waals surface area contributed by atoms with Gasteiger partial charge >= 0.3 is 0 Å². The molecule has 0 fully saturated rings. The van der Waals surface area contributed by atoms with Gasteiger partial charge in [-0.2, -0.15) is 0 Å². The molecule has 1 aliphatic carbocycles. The molecule has 0 aromatic rings. The summed E-state index contributed by atoms with van der Waals surface area (Å²) in [6.45, 7) is 13.8. The summed E-state index contributed by atoms with van der Waals surface area (Å²) in [5, 5.41) is 0. The number of hydrogen-bond donors (Lipinski definition) is 0. The summed E-state index contributed by atoms with van der Waals surface area (Å²) < 4.78 is 0. The highest BCUT2D eigenvalue weighted by atomic mass is 14.2. The molecule has 0 nitrogen and oxygen atoms in total. The minimum Gasteiger partial charge on any atom is -0.0853 e. The van der Waals surface area contributed by atoms with Crippen molar-refractivity contribution in [2.75, 3.05) is 0 Å². The molecule has 1 aliphatic rings. The SMILES string of the molecule is CC1=C\C/C=C(\C)CC/C=C(\C)CC[C@H](C(C)C)\C(C)=C\1. The van der Waals surface area contributed by atoms with Gasteiger partial charge in [-0.05, 0) is 71.6 Å². The lowest BCUT2D eigenvalue weighted by atomic mass is 9.83. The summed E-state index contributed by atoms with van der Waals surface area (Å²) in [6.07, 6.45) is 15.6. The molecule has 21 heavy (non-hydrogen) atoms. The van der Waals surface area contributed by atoms with Crippen LogP contribution in [0.1, 0.15) is 73.6 Å². The van der Waals surface area contributed by atoms with E-state index in [1.165, 1.54) is 36.8 Å². The van der Waals surface area contributed by atoms with Gasteiger partial charge < -0.3 is 0 Å². The van der Waals surface area contributed by atoms with E-state index in [0.717, 1.165) is 12.3 Å². The van der Waals surface area contributed by atoms with Gasteiger partial charge in [-0.1, -0.05) is 60.4 Å². The van der Waals surface area contributed by atoms with E-state index in [2.05, 4.69) is 65.8 Å². The molecular formula is C21H34. The molecular weight excluding hydrogens is 252 g/mol. The first-order valence-electron chi connectivity index (χ1n) is 8.56. The van der Waals surface area contributed by atoms with E-state index < -0.39 is 0 Å². The van der Waals surface area contributed by atoms with Gasteiger partial charge in [0.15, 0.2) is 0 Å². The fourth-order valence-electron chi connectivity index (χ4n) is 3.19. The zero-order valence-electron chi connectivity index (χ0n) is 15.0. The topological polar surface area (TPSA) is 0 Å². The van der Waals surface area contributed by atoms with Gasteiger partial charge in [0.2, 0.25) is 0 Å². The molecule has 0 bridgehead atoms. The predicted octanol–water partition coefficient (Wildman–Crippen LogP) is 7.01. The third-order valence-electron chi connectivity index (χ3n) is 4.63. The first-order chi connectivity index (χ1) is 9.90. The van der Waals surface area contributed by atoms with Gasteiger partial charge in [0, 0.05) is 0 Å². The van der Waals surface area contributed by atoms with Crippen LogP contribution in [0.3, 0.4) is 0 Å². The largest absolute Gasteiger partial charge is 0.0853 e. The van der Waals surface area contributed by atoms with Crippen molar-refractivity contribution in [2.24, 2.45) is 11.8 Å². The summed E-state index contributed by atoms with van der Waals surface area (Å²) in [4.78, 5) is 0. The molecule has 0 heteroatoms. The van der Waals surface area contributed by atoms with Crippen molar-refractivity contribution >= 4 is 0 Å². The van der Waals surface area contributed by atoms with Crippen molar-refractivity contribution in [3.8, 4) is 0 Å². The Bertz CT molecular complexity index is 441. The van der Waals surface area contributed by atoms with Crippen LogP contribution in [-0.4, -0.2) is 0 Å². The summed E-state index contributed by atoms with van der Waals surface area (Å²) in [7, 11) is 0. The van der Waals surface area contributed by atoms with Crippen molar-refractivity contribution in [1.82, 2.24) is 0 Å². The van der Waals surface area contributed by atoms with Crippen molar-refractivity contribution in [3.05, 3.63) is 46.6 Å². The van der Waals surface area contributed by atoms with Crippen LogP contribution in [0.2, 0.25) is 0 Å². The molecule has 0 unspecified atom stereocenters. The molecule has 0 amide bonds. The molecule has 0 radical (unpaired) electrons. The molecule has 0 saturated carbocycles. The van der Waals surface area contributed by atoms with Crippen LogP contribution in [0.4, 0.5) is 0 Å². The molecule has 118 valence electrons. The van der Waals surface area contributed by atoms with E-state index in [-0.39, 0.29) is 0 Å². The Hall–Kier alpha value is -1.04. The average Bonchev–Trinajstić information content (AvgIpc) is 2.37. The summed E-state index contributed by atoms with van der Waals surface area (Å²) >= 11 is 0. The third-order valence-corrected chi connectivity index (χ3v) is 4.63. The lowest BCUT2D eigenvalue weighted by molar-refractivity contribution is 0.414. The van der Waals surface area contributed by atoms with Crippen molar-refractivity contribution in [1.29, 1.82) is 0 Å². The van der Waals surface area contributed by atoms with E-state index in [4.69, 9.17) is 0 Å². The molecule has 1 atom stereocenters. The Morgan fingerprint density at radius 2 is 1.57 bits per heavy atom. The van der Waals surface area contributed by atoms with Crippen LogP contribution >= 0.6 is 0 Å². The van der Waals surface area contributed by atoms with Crippen LogP contribution in [0.25, 0.3) is 0 Å². The summed E-state index contributed by atoms with van der Waals surface area (Å²) in [5.41, 5.74) is 6.03. The van der Waals surface area contributed by atoms with Crippen molar-refractivity contribution in [3.63, 3.8) is 0 Å². The van der Waals surface area contributed by atoms with E-state index in [1.807, 2.05) is 0 Å². The number of rotatable bonds is 1. The fraction of sp³-hybridized carbons (Fsp3) is 0.619. The third kappa shape index (κ3) is 6.98. The minimum atomic E-state index is 0.705. The maximum Gasteiger partial charge on any atom is -0.0161 e. The van der Waals surface area contributed by atoms with Gasteiger partial charge in [0.1, 0.15) is 0 Å². The average molecular weight is 287 g/mol. The monoisotopic (exact) mass is 286 g/mol. The van der Waals surface area contributed by atoms with E-state index in [1.54, 1.807) is 11.1 Å². The summed E-state index contributed by atoms with van der Waals surface area (Å²) in [6, 6.07) is 0. The Morgan fingerprint density at radius 3 is 2.24 bits per heavy atom. The Labute approximate surface area is 132 Å². The second kappa shape index (κ2) is 9.07. The van der Waals surface area contributed by atoms with Crippen LogP contribution in [0.5, 0.6) is 0 Å². The lowest BCUT2D eigenvalue weighted by Gasteiger charge is -2.22. The van der Waals surface area contributed by atoms with Crippen LogP contribution in [0, 0.1) is 11.8 Å². The van der Waals surface area contributed by atoms with Gasteiger partial charge in [-0.15, -0.1) is 0 Å². The predicted molar refractivity (Wildman–Crippen MR) is 96.4 cm³/mol. The summed E-state index contributed by atoms with van der Waals surface area (Å²) in [5.74, 6) is 1.42. The van der Waals surface area contributed by atoms with E-state index >= 15 is 0 Å². The smallest absolute Gasteiger partial charge is 0.0161 e. The Kier molecular flexibility index (Phi) is 7.78. The lowest BCUT2D eigenvalue weighted by Crippen LogP contribution is -2.10. The molecule has 0 spiro atoms. The second-order valence-corrected chi connectivity index (χ2v) is 7.10. The first-order valence-corrected chi connectivity index (χ1v) is 8.56. The molecule has 1 rings (SSSR count). The van der Waals surface area contributed by atoms with Gasteiger partial charge in [0.25, 0.3) is 0 Å². The maximum absolute atomic E-state index is 2.45. The molecule has 0 aromatic heterocycles. The molecule has 0 aromatic carbocycles. The highest BCUT2D eigenvalue weighted by molar-refractivity contribution is 5.24. The normalized spacial score (nSPS) is 32.8. The van der Waals surface area contributed by atoms with Crippen molar-refractivity contribution < 1.29 is 0 Å². The van der Waals surface area contributed by atoms with E-state index in [0.29, 0.717) is 5.92 Å². The second-order valence-electron chi connectivity index (χ2n) is 7.10. The Balaban J connectivity index is 2.99. The van der Waals surface area contributed by atoms with Gasteiger partial charge in [0.05, 0.1) is 0 Å². The maximum atomic E-state index is 2.45.